The van der Waals surface area contributed by atoms with Gasteiger partial charge in [0.15, 0.2) is 0 Å². The molecule has 9 heteroatoms. The van der Waals surface area contributed by atoms with Crippen LogP contribution in [0.5, 0.6) is 0 Å². The van der Waals surface area contributed by atoms with Crippen LogP contribution in [0, 0.1) is 0 Å². The van der Waals surface area contributed by atoms with Gasteiger partial charge in [0.05, 0.1) is 21.8 Å². The third kappa shape index (κ3) is 3.53. The van der Waals surface area contributed by atoms with Crippen molar-refractivity contribution in [2.24, 2.45) is 0 Å². The molecule has 1 N–H and O–H groups in total. The first kappa shape index (κ1) is 20.7. The first-order valence-electron chi connectivity index (χ1n) is 9.06. The fraction of sp³-hybridized carbons (Fsp3) is 0.143. The van der Waals surface area contributed by atoms with Gasteiger partial charge in [-0.15, -0.1) is 6.58 Å². The number of amides is 1. The Morgan fingerprint density at radius 1 is 1.33 bits per heavy atom. The molecule has 1 atom stereocenters. The number of anilines is 1. The van der Waals surface area contributed by atoms with Crippen LogP contribution in [0.15, 0.2) is 65.1 Å². The molecule has 0 fully saturated rings. The van der Waals surface area contributed by atoms with Crippen molar-refractivity contribution in [1.29, 1.82) is 0 Å². The van der Waals surface area contributed by atoms with Crippen molar-refractivity contribution in [3.63, 3.8) is 0 Å². The average Bonchev–Trinajstić information content (AvgIpc) is 2.71. The van der Waals surface area contributed by atoms with E-state index in [1.165, 1.54) is 18.7 Å². The van der Waals surface area contributed by atoms with Crippen molar-refractivity contribution in [3.8, 4) is 11.3 Å². The third-order valence-corrected chi connectivity index (χ3v) is 6.10. The van der Waals surface area contributed by atoms with Gasteiger partial charge in [0, 0.05) is 22.8 Å². The van der Waals surface area contributed by atoms with E-state index in [1.807, 2.05) is 12.1 Å². The van der Waals surface area contributed by atoms with E-state index in [-0.39, 0.29) is 11.5 Å². The number of benzene rings is 2. The van der Waals surface area contributed by atoms with Crippen molar-refractivity contribution in [2.45, 2.75) is 18.2 Å². The van der Waals surface area contributed by atoms with Gasteiger partial charge >= 0.3 is 11.3 Å². The highest BCUT2D eigenvalue weighted by Gasteiger charge is 2.45. The summed E-state index contributed by atoms with van der Waals surface area (Å²) in [6.07, 6.45) is 0.974. The molecular weight excluding hydrogens is 443 g/mol. The minimum atomic E-state index is -0.748. The topological polar surface area (TPSA) is 69.9 Å². The van der Waals surface area contributed by atoms with Crippen LogP contribution < -0.4 is 15.1 Å². The maximum atomic E-state index is 13.1. The second-order valence-corrected chi connectivity index (χ2v) is 8.45. The maximum absolute atomic E-state index is 13.1. The normalized spacial score (nSPS) is 14.8. The Kier molecular flexibility index (Phi) is 5.69. The molecule has 0 unspecified atom stereocenters. The summed E-state index contributed by atoms with van der Waals surface area (Å²) < 4.78 is 1.56. The minimum absolute atomic E-state index is 0.209. The Balaban J connectivity index is 2.06. The minimum Gasteiger partial charge on any atom is -0.291 e. The van der Waals surface area contributed by atoms with E-state index in [0.717, 1.165) is 0 Å². The lowest BCUT2D eigenvalue weighted by molar-refractivity contribution is -0.763. The summed E-state index contributed by atoms with van der Waals surface area (Å²) in [6.45, 7) is 5.17. The molecule has 152 valence electrons. The number of carbonyl (C=O) groups is 1. The lowest BCUT2D eigenvalue weighted by Crippen LogP contribution is -2.60. The highest BCUT2D eigenvalue weighted by Crippen LogP contribution is 2.39. The molecule has 1 amide bonds. The average molecular weight is 460 g/mol. The number of nitrogens with zero attached hydrogens (tertiary/aromatic N) is 3. The molecule has 2 heterocycles. The molecular formula is C21H17Cl2N4O2S+. The van der Waals surface area contributed by atoms with E-state index < -0.39 is 6.17 Å². The van der Waals surface area contributed by atoms with Crippen molar-refractivity contribution in [3.05, 3.63) is 81.1 Å². The number of aromatic nitrogens is 3. The summed E-state index contributed by atoms with van der Waals surface area (Å²) in [6, 6.07) is 12.3. The number of fused-ring (bicyclic) bond motifs is 3. The number of hydrogen-bond acceptors (Lipinski definition) is 4. The summed E-state index contributed by atoms with van der Waals surface area (Å²) in [5, 5.41) is 5.92. The molecule has 1 aliphatic heterocycles. The van der Waals surface area contributed by atoms with Gasteiger partial charge in [0.1, 0.15) is 0 Å². The number of rotatable bonds is 4. The number of aromatic amines is 1. The van der Waals surface area contributed by atoms with E-state index in [2.05, 4.69) is 16.7 Å². The van der Waals surface area contributed by atoms with Gasteiger partial charge in [-0.1, -0.05) is 53.2 Å². The number of thioether (sulfide) groups is 1. The molecule has 0 bridgehead atoms. The van der Waals surface area contributed by atoms with Crippen LogP contribution in [0.2, 0.25) is 10.0 Å². The van der Waals surface area contributed by atoms with Crippen molar-refractivity contribution in [1.82, 2.24) is 10.1 Å². The van der Waals surface area contributed by atoms with Crippen LogP contribution in [0.25, 0.3) is 11.3 Å². The summed E-state index contributed by atoms with van der Waals surface area (Å²) in [7, 11) is 0. The molecule has 0 spiro atoms. The summed E-state index contributed by atoms with van der Waals surface area (Å²) in [5.74, 6) is 0.362. The molecule has 30 heavy (non-hydrogen) atoms. The molecule has 1 aromatic heterocycles. The number of H-pyrrole nitrogens is 1. The first-order valence-corrected chi connectivity index (χ1v) is 10.8. The van der Waals surface area contributed by atoms with Crippen molar-refractivity contribution < 1.29 is 9.48 Å². The van der Waals surface area contributed by atoms with Gasteiger partial charge in [0.2, 0.25) is 11.1 Å². The van der Waals surface area contributed by atoms with Crippen LogP contribution in [0.3, 0.4) is 0 Å². The van der Waals surface area contributed by atoms with Crippen molar-refractivity contribution in [2.75, 3.05) is 10.7 Å². The number of hydrogen-bond donors (Lipinski definition) is 1. The highest BCUT2D eigenvalue weighted by atomic mass is 35.5. The van der Waals surface area contributed by atoms with E-state index in [0.29, 0.717) is 43.5 Å². The zero-order valence-corrected chi connectivity index (χ0v) is 18.3. The largest absolute Gasteiger partial charge is 0.325 e. The molecule has 3 aromatic rings. The van der Waals surface area contributed by atoms with Crippen LogP contribution in [-0.4, -0.2) is 21.7 Å². The lowest BCUT2D eigenvalue weighted by atomic mass is 10.0. The van der Waals surface area contributed by atoms with Crippen molar-refractivity contribution >= 4 is 46.6 Å². The van der Waals surface area contributed by atoms with E-state index >= 15 is 0 Å². The molecule has 0 saturated heterocycles. The fourth-order valence-corrected chi connectivity index (χ4v) is 4.60. The standard InChI is InChI=1S/C21H16Cl2N4O2S/c1-3-10-30-21-24-19(29)18-15-6-4-5-7-17(15)26(12(2)28)20(27(18)25-21)14-9-8-13(22)11-16(14)23/h3-9,11,20H,1,10H2,2H3/p+1/t20-/m0/s1. The lowest BCUT2D eigenvalue weighted by Gasteiger charge is -2.31. The quantitative estimate of drug-likeness (QED) is 0.360. The Labute approximate surface area is 187 Å². The van der Waals surface area contributed by atoms with E-state index in [9.17, 15) is 9.59 Å². The molecule has 4 rings (SSSR count). The zero-order valence-electron chi connectivity index (χ0n) is 15.9. The summed E-state index contributed by atoms with van der Waals surface area (Å²) >= 11 is 13.9. The second kappa shape index (κ2) is 8.26. The number of halogens is 2. The van der Waals surface area contributed by atoms with E-state index in [4.69, 9.17) is 23.2 Å². The fourth-order valence-electron chi connectivity index (χ4n) is 3.51. The second-order valence-electron chi connectivity index (χ2n) is 6.60. The molecule has 1 aliphatic rings. The smallest absolute Gasteiger partial charge is 0.291 e. The van der Waals surface area contributed by atoms with Gasteiger partial charge in [0.25, 0.3) is 6.17 Å². The van der Waals surface area contributed by atoms with Gasteiger partial charge in [-0.05, 0) is 35.0 Å². The predicted molar refractivity (Wildman–Crippen MR) is 119 cm³/mol. The maximum Gasteiger partial charge on any atom is 0.325 e. The monoisotopic (exact) mass is 459 g/mol. The van der Waals surface area contributed by atoms with Crippen LogP contribution in [0.4, 0.5) is 5.69 Å². The Morgan fingerprint density at radius 3 is 2.80 bits per heavy atom. The third-order valence-electron chi connectivity index (χ3n) is 4.68. The Bertz CT molecular complexity index is 1230. The van der Waals surface area contributed by atoms with E-state index in [1.54, 1.807) is 46.0 Å². The first-order chi connectivity index (χ1) is 14.4. The van der Waals surface area contributed by atoms with Crippen LogP contribution >= 0.6 is 35.0 Å². The predicted octanol–water partition coefficient (Wildman–Crippen LogP) is 4.22. The number of para-hydroxylation sites is 1. The molecule has 0 aliphatic carbocycles. The number of nitrogens with one attached hydrogen (secondary N) is 1. The molecule has 0 saturated carbocycles. The molecule has 6 nitrogen and oxygen atoms in total. The van der Waals surface area contributed by atoms with Gasteiger partial charge in [-0.2, -0.15) is 0 Å². The van der Waals surface area contributed by atoms with Gasteiger partial charge in [-0.25, -0.2) is 4.90 Å². The number of carbonyl (C=O) groups excluding carboxylic acids is 1. The Morgan fingerprint density at radius 2 is 2.10 bits per heavy atom. The van der Waals surface area contributed by atoms with Crippen LogP contribution in [-0.2, 0) is 4.79 Å². The summed E-state index contributed by atoms with van der Waals surface area (Å²) in [4.78, 5) is 30.3. The van der Waals surface area contributed by atoms with Crippen LogP contribution in [0.1, 0.15) is 18.7 Å². The van der Waals surface area contributed by atoms with Gasteiger partial charge < -0.3 is 0 Å². The SMILES string of the molecule is C=CCSc1n[n+]2c(c(=O)[nH]1)-c1ccccc1N(C(C)=O)[C@@H]2c1ccc(Cl)cc1Cl. The zero-order chi connectivity index (χ0) is 21.4. The molecule has 0 radical (unpaired) electrons. The van der Waals surface area contributed by atoms with Gasteiger partial charge in [-0.3, -0.25) is 14.6 Å². The molecule has 2 aromatic carbocycles. The summed E-state index contributed by atoms with van der Waals surface area (Å²) in [5.41, 5.74) is 1.88. The highest BCUT2D eigenvalue weighted by molar-refractivity contribution is 7.99. The Hall–Kier alpha value is -2.61.